The molecule has 0 aromatic rings. The molecule has 0 N–H and O–H groups in total. The molecule has 19 heavy (non-hydrogen) atoms. The fourth-order valence-corrected chi connectivity index (χ4v) is 2.51. The van der Waals surface area contributed by atoms with Crippen molar-refractivity contribution in [3.05, 3.63) is 0 Å². The molecule has 0 saturated heterocycles. The smallest absolute Gasteiger partial charge is 0.200 e. The van der Waals surface area contributed by atoms with Crippen LogP contribution in [0.25, 0.3) is 0 Å². The zero-order chi connectivity index (χ0) is 13.7. The third kappa shape index (κ3) is 4.51. The molecule has 106 valence electrons. The van der Waals surface area contributed by atoms with Crippen molar-refractivity contribution in [1.29, 1.82) is 0 Å². The van der Waals surface area contributed by atoms with E-state index in [0.717, 1.165) is 12.8 Å². The van der Waals surface area contributed by atoms with Crippen LogP contribution < -0.4 is 0 Å². The minimum atomic E-state index is -0.317. The van der Waals surface area contributed by atoms with Crippen molar-refractivity contribution in [3.8, 4) is 0 Å². The second kappa shape index (κ2) is 6.91. The summed E-state index contributed by atoms with van der Waals surface area (Å²) in [5, 5.41) is 0. The lowest BCUT2D eigenvalue weighted by Gasteiger charge is -2.23. The van der Waals surface area contributed by atoms with Gasteiger partial charge in [-0.25, -0.2) is 0 Å². The number of hydrogen-bond acceptors (Lipinski definition) is 5. The topological polar surface area (TPSA) is 69.7 Å². The highest BCUT2D eigenvalue weighted by atomic mass is 16.5. The van der Waals surface area contributed by atoms with Gasteiger partial charge >= 0.3 is 0 Å². The molecule has 0 amide bonds. The van der Waals surface area contributed by atoms with Gasteiger partial charge in [0.2, 0.25) is 5.78 Å². The molecule has 0 bridgehead atoms. The van der Waals surface area contributed by atoms with Crippen LogP contribution in [0.4, 0.5) is 0 Å². The van der Waals surface area contributed by atoms with Crippen LogP contribution in [0.15, 0.2) is 0 Å². The first-order valence-electron chi connectivity index (χ1n) is 6.96. The van der Waals surface area contributed by atoms with Crippen LogP contribution in [0, 0.1) is 0 Å². The summed E-state index contributed by atoms with van der Waals surface area (Å²) in [6, 6.07) is 0. The monoisotopic (exact) mass is 268 g/mol. The SMILES string of the molecule is O=C1CCC(OCCOC2CCC(=O)C(=O)C2)CC1. The molecule has 2 fully saturated rings. The summed E-state index contributed by atoms with van der Waals surface area (Å²) in [6.45, 7) is 0.925. The summed E-state index contributed by atoms with van der Waals surface area (Å²) in [5.41, 5.74) is 0. The normalized spacial score (nSPS) is 25.9. The molecule has 2 aliphatic rings. The van der Waals surface area contributed by atoms with Crippen molar-refractivity contribution in [2.24, 2.45) is 0 Å². The van der Waals surface area contributed by atoms with E-state index >= 15 is 0 Å². The highest BCUT2D eigenvalue weighted by molar-refractivity contribution is 6.37. The number of hydrogen-bond donors (Lipinski definition) is 0. The molecule has 5 nitrogen and oxygen atoms in total. The fraction of sp³-hybridized carbons (Fsp3) is 0.786. The summed E-state index contributed by atoms with van der Waals surface area (Å²) >= 11 is 0. The number of carbonyl (C=O) groups excluding carboxylic acids is 3. The first-order chi connectivity index (χ1) is 9.15. The molecule has 1 atom stereocenters. The van der Waals surface area contributed by atoms with E-state index < -0.39 is 0 Å². The Bertz CT molecular complexity index is 353. The summed E-state index contributed by atoms with van der Waals surface area (Å²) in [4.78, 5) is 33.3. The van der Waals surface area contributed by atoms with Crippen molar-refractivity contribution >= 4 is 17.3 Å². The maximum absolute atomic E-state index is 11.2. The van der Waals surface area contributed by atoms with Crippen molar-refractivity contribution < 1.29 is 23.9 Å². The third-order valence-corrected chi connectivity index (χ3v) is 3.70. The standard InChI is InChI=1S/C14H20O5/c15-10-1-3-11(4-2-10)18-7-8-19-12-5-6-13(16)14(17)9-12/h11-12H,1-9H2. The molecule has 0 aromatic heterocycles. The molecule has 2 saturated carbocycles. The van der Waals surface area contributed by atoms with Crippen LogP contribution >= 0.6 is 0 Å². The Morgan fingerprint density at radius 1 is 0.789 bits per heavy atom. The van der Waals surface area contributed by atoms with Gasteiger partial charge in [-0.2, -0.15) is 0 Å². The number of Topliss-reactive ketones (excluding diaryl/α,β-unsaturated/α-hetero) is 3. The Hall–Kier alpha value is -1.07. The van der Waals surface area contributed by atoms with Crippen molar-refractivity contribution in [2.75, 3.05) is 13.2 Å². The molecule has 0 aliphatic heterocycles. The highest BCUT2D eigenvalue weighted by Gasteiger charge is 2.26. The Kier molecular flexibility index (Phi) is 5.22. The molecule has 0 heterocycles. The summed E-state index contributed by atoms with van der Waals surface area (Å²) < 4.78 is 11.2. The Labute approximate surface area is 112 Å². The lowest BCUT2D eigenvalue weighted by atomic mass is 9.95. The van der Waals surface area contributed by atoms with Crippen LogP contribution in [-0.4, -0.2) is 42.8 Å². The van der Waals surface area contributed by atoms with Gasteiger partial charge in [-0.3, -0.25) is 14.4 Å². The number of carbonyl (C=O) groups is 3. The number of rotatable bonds is 5. The number of ether oxygens (including phenoxy) is 2. The van der Waals surface area contributed by atoms with Crippen molar-refractivity contribution in [1.82, 2.24) is 0 Å². The van der Waals surface area contributed by atoms with Gasteiger partial charge in [-0.1, -0.05) is 0 Å². The van der Waals surface area contributed by atoms with Gasteiger partial charge in [0.1, 0.15) is 5.78 Å². The van der Waals surface area contributed by atoms with E-state index in [-0.39, 0.29) is 30.2 Å². The van der Waals surface area contributed by atoms with Crippen LogP contribution in [-0.2, 0) is 23.9 Å². The highest BCUT2D eigenvalue weighted by Crippen LogP contribution is 2.18. The van der Waals surface area contributed by atoms with E-state index in [9.17, 15) is 14.4 Å². The predicted octanol–water partition coefficient (Wildman–Crippen LogP) is 1.22. The van der Waals surface area contributed by atoms with Crippen LogP contribution in [0.3, 0.4) is 0 Å². The zero-order valence-corrected chi connectivity index (χ0v) is 11.1. The van der Waals surface area contributed by atoms with Gasteiger partial charge in [-0.15, -0.1) is 0 Å². The van der Waals surface area contributed by atoms with Crippen molar-refractivity contribution in [3.63, 3.8) is 0 Å². The lowest BCUT2D eigenvalue weighted by Crippen LogP contribution is -2.31. The van der Waals surface area contributed by atoms with E-state index in [1.54, 1.807) is 0 Å². The Balaban J connectivity index is 1.56. The summed E-state index contributed by atoms with van der Waals surface area (Å²) in [5.74, 6) is -0.271. The summed E-state index contributed by atoms with van der Waals surface area (Å²) in [6.07, 6.45) is 3.99. The van der Waals surface area contributed by atoms with E-state index in [1.165, 1.54) is 0 Å². The maximum atomic E-state index is 11.2. The molecule has 0 spiro atoms. The van der Waals surface area contributed by atoms with Gasteiger partial charge < -0.3 is 9.47 Å². The maximum Gasteiger partial charge on any atom is 0.200 e. The average molecular weight is 268 g/mol. The third-order valence-electron chi connectivity index (χ3n) is 3.70. The number of ketones is 3. The first-order valence-corrected chi connectivity index (χ1v) is 6.96. The molecule has 0 radical (unpaired) electrons. The largest absolute Gasteiger partial charge is 0.376 e. The molecule has 2 rings (SSSR count). The second-order valence-corrected chi connectivity index (χ2v) is 5.19. The van der Waals surface area contributed by atoms with Gasteiger partial charge in [0.25, 0.3) is 0 Å². The molecular formula is C14H20O5. The fourth-order valence-electron chi connectivity index (χ4n) is 2.51. The minimum absolute atomic E-state index is 0.137. The molecule has 5 heteroatoms. The molecule has 0 aromatic carbocycles. The van der Waals surface area contributed by atoms with E-state index in [0.29, 0.717) is 44.7 Å². The predicted molar refractivity (Wildman–Crippen MR) is 66.8 cm³/mol. The van der Waals surface area contributed by atoms with E-state index in [1.807, 2.05) is 0 Å². The molecular weight excluding hydrogens is 248 g/mol. The average Bonchev–Trinajstić information content (AvgIpc) is 2.41. The molecule has 1 unspecified atom stereocenters. The van der Waals surface area contributed by atoms with Gasteiger partial charge in [0.05, 0.1) is 25.4 Å². The van der Waals surface area contributed by atoms with Gasteiger partial charge in [0, 0.05) is 25.7 Å². The zero-order valence-electron chi connectivity index (χ0n) is 11.1. The molecule has 2 aliphatic carbocycles. The summed E-state index contributed by atoms with van der Waals surface area (Å²) in [7, 11) is 0. The van der Waals surface area contributed by atoms with Gasteiger partial charge in [-0.05, 0) is 19.3 Å². The second-order valence-electron chi connectivity index (χ2n) is 5.19. The quantitative estimate of drug-likeness (QED) is 0.554. The Morgan fingerprint density at radius 2 is 1.37 bits per heavy atom. The van der Waals surface area contributed by atoms with Crippen molar-refractivity contribution in [2.45, 2.75) is 57.2 Å². The van der Waals surface area contributed by atoms with Crippen LogP contribution in [0.1, 0.15) is 44.9 Å². The minimum Gasteiger partial charge on any atom is -0.376 e. The van der Waals surface area contributed by atoms with Gasteiger partial charge in [0.15, 0.2) is 5.78 Å². The van der Waals surface area contributed by atoms with Crippen LogP contribution in [0.5, 0.6) is 0 Å². The van der Waals surface area contributed by atoms with Crippen LogP contribution in [0.2, 0.25) is 0 Å². The van der Waals surface area contributed by atoms with E-state index in [2.05, 4.69) is 0 Å². The lowest BCUT2D eigenvalue weighted by molar-refractivity contribution is -0.142. The Morgan fingerprint density at radius 3 is 2.00 bits per heavy atom. The first kappa shape index (κ1) is 14.3. The van der Waals surface area contributed by atoms with E-state index in [4.69, 9.17) is 9.47 Å².